The van der Waals surface area contributed by atoms with Crippen LogP contribution in [0.3, 0.4) is 0 Å². The standard InChI is InChI=1S/C14H16Cl2N2S/c1-2-4-17-13(6-10-3-5-19-9-10)14-12(16)7-11(15)8-18-14/h3,5,7-9,13,17H,2,4,6H2,1H3. The molecule has 2 heterocycles. The maximum Gasteiger partial charge on any atom is 0.0763 e. The second-order valence-corrected chi connectivity index (χ2v) is 5.99. The Hall–Kier alpha value is -0.610. The molecule has 0 spiro atoms. The van der Waals surface area contributed by atoms with Crippen LogP contribution >= 0.6 is 34.5 Å². The Morgan fingerprint density at radius 2 is 2.26 bits per heavy atom. The van der Waals surface area contributed by atoms with Gasteiger partial charge in [0.2, 0.25) is 0 Å². The SMILES string of the molecule is CCCNC(Cc1ccsc1)c1ncc(Cl)cc1Cl. The predicted molar refractivity (Wildman–Crippen MR) is 83.3 cm³/mol. The fourth-order valence-electron chi connectivity index (χ4n) is 1.91. The van der Waals surface area contributed by atoms with E-state index in [4.69, 9.17) is 23.2 Å². The lowest BCUT2D eigenvalue weighted by Gasteiger charge is -2.18. The minimum absolute atomic E-state index is 0.124. The fraction of sp³-hybridized carbons (Fsp3) is 0.357. The largest absolute Gasteiger partial charge is 0.308 e. The summed E-state index contributed by atoms with van der Waals surface area (Å²) in [6, 6.07) is 4.01. The van der Waals surface area contributed by atoms with Crippen LogP contribution in [-0.4, -0.2) is 11.5 Å². The molecule has 0 radical (unpaired) electrons. The highest BCUT2D eigenvalue weighted by Gasteiger charge is 2.16. The maximum atomic E-state index is 6.26. The van der Waals surface area contributed by atoms with Crippen LogP contribution in [0.5, 0.6) is 0 Å². The summed E-state index contributed by atoms with van der Waals surface area (Å²) < 4.78 is 0. The highest BCUT2D eigenvalue weighted by atomic mass is 35.5. The number of rotatable bonds is 6. The van der Waals surface area contributed by atoms with E-state index >= 15 is 0 Å². The van der Waals surface area contributed by atoms with E-state index in [1.54, 1.807) is 23.6 Å². The first-order valence-corrected chi connectivity index (χ1v) is 7.96. The first-order chi connectivity index (χ1) is 9.20. The van der Waals surface area contributed by atoms with Gasteiger partial charge < -0.3 is 5.32 Å². The molecule has 2 rings (SSSR count). The van der Waals surface area contributed by atoms with Crippen LogP contribution < -0.4 is 5.32 Å². The third-order valence-electron chi connectivity index (χ3n) is 2.83. The number of thiophene rings is 1. The normalized spacial score (nSPS) is 12.6. The summed E-state index contributed by atoms with van der Waals surface area (Å²) in [6.45, 7) is 3.08. The number of hydrogen-bond donors (Lipinski definition) is 1. The minimum Gasteiger partial charge on any atom is -0.308 e. The molecule has 0 fully saturated rings. The molecule has 0 aliphatic heterocycles. The number of nitrogens with one attached hydrogen (secondary N) is 1. The third kappa shape index (κ3) is 4.18. The number of halogens is 2. The average molecular weight is 315 g/mol. The van der Waals surface area contributed by atoms with Crippen molar-refractivity contribution in [1.29, 1.82) is 0 Å². The number of pyridine rings is 1. The third-order valence-corrected chi connectivity index (χ3v) is 4.07. The zero-order valence-electron chi connectivity index (χ0n) is 10.7. The van der Waals surface area contributed by atoms with Crippen LogP contribution in [0, 0.1) is 0 Å². The summed E-state index contributed by atoms with van der Waals surface area (Å²) >= 11 is 13.9. The summed E-state index contributed by atoms with van der Waals surface area (Å²) in [5.74, 6) is 0. The Labute approximate surface area is 127 Å². The first kappa shape index (κ1) is 14.8. The van der Waals surface area contributed by atoms with E-state index < -0.39 is 0 Å². The van der Waals surface area contributed by atoms with Crippen LogP contribution in [0.2, 0.25) is 10.0 Å². The van der Waals surface area contributed by atoms with Gasteiger partial charge in [-0.15, -0.1) is 0 Å². The quantitative estimate of drug-likeness (QED) is 0.833. The van der Waals surface area contributed by atoms with Gasteiger partial charge in [-0.2, -0.15) is 11.3 Å². The lowest BCUT2D eigenvalue weighted by Crippen LogP contribution is -2.25. The summed E-state index contributed by atoms with van der Waals surface area (Å²) in [5, 5.41) is 8.93. The molecular formula is C14H16Cl2N2S. The van der Waals surface area contributed by atoms with E-state index in [0.29, 0.717) is 10.0 Å². The molecular weight excluding hydrogens is 299 g/mol. The van der Waals surface area contributed by atoms with Gasteiger partial charge in [0, 0.05) is 6.20 Å². The predicted octanol–water partition coefficient (Wildman–Crippen LogP) is 4.73. The summed E-state index contributed by atoms with van der Waals surface area (Å²) in [6.07, 6.45) is 3.61. The van der Waals surface area contributed by atoms with Crippen molar-refractivity contribution in [3.63, 3.8) is 0 Å². The van der Waals surface area contributed by atoms with E-state index in [9.17, 15) is 0 Å². The molecule has 2 aromatic heterocycles. The van der Waals surface area contributed by atoms with Crippen LogP contribution in [0.15, 0.2) is 29.1 Å². The summed E-state index contributed by atoms with van der Waals surface area (Å²) in [4.78, 5) is 4.39. The van der Waals surface area contributed by atoms with Crippen molar-refractivity contribution >= 4 is 34.5 Å². The van der Waals surface area contributed by atoms with Crippen molar-refractivity contribution in [3.05, 3.63) is 50.4 Å². The highest BCUT2D eigenvalue weighted by molar-refractivity contribution is 7.07. The lowest BCUT2D eigenvalue weighted by molar-refractivity contribution is 0.518. The van der Waals surface area contributed by atoms with Crippen LogP contribution in [0.4, 0.5) is 0 Å². The van der Waals surface area contributed by atoms with Crippen molar-refractivity contribution < 1.29 is 0 Å². The van der Waals surface area contributed by atoms with Gasteiger partial charge >= 0.3 is 0 Å². The van der Waals surface area contributed by atoms with Gasteiger partial charge in [-0.05, 0) is 47.8 Å². The fourth-order valence-corrected chi connectivity index (χ4v) is 3.10. The Bertz CT molecular complexity index is 514. The second kappa shape index (κ2) is 7.25. The Kier molecular flexibility index (Phi) is 5.64. The van der Waals surface area contributed by atoms with Crippen LogP contribution in [-0.2, 0) is 6.42 Å². The van der Waals surface area contributed by atoms with E-state index in [1.165, 1.54) is 5.56 Å². The molecule has 0 amide bonds. The van der Waals surface area contributed by atoms with Crippen molar-refractivity contribution in [2.45, 2.75) is 25.8 Å². The molecule has 1 unspecified atom stereocenters. The van der Waals surface area contributed by atoms with Gasteiger partial charge in [-0.3, -0.25) is 4.98 Å². The van der Waals surface area contributed by atoms with Crippen molar-refractivity contribution in [1.82, 2.24) is 10.3 Å². The van der Waals surface area contributed by atoms with E-state index in [0.717, 1.165) is 25.1 Å². The molecule has 0 aliphatic rings. The first-order valence-electron chi connectivity index (χ1n) is 6.26. The van der Waals surface area contributed by atoms with Gasteiger partial charge in [0.25, 0.3) is 0 Å². The lowest BCUT2D eigenvalue weighted by atomic mass is 10.0. The Morgan fingerprint density at radius 3 is 2.89 bits per heavy atom. The molecule has 0 saturated heterocycles. The maximum absolute atomic E-state index is 6.26. The highest BCUT2D eigenvalue weighted by Crippen LogP contribution is 2.26. The topological polar surface area (TPSA) is 24.9 Å². The van der Waals surface area contributed by atoms with E-state index in [-0.39, 0.29) is 6.04 Å². The zero-order chi connectivity index (χ0) is 13.7. The van der Waals surface area contributed by atoms with Crippen molar-refractivity contribution in [2.75, 3.05) is 6.54 Å². The van der Waals surface area contributed by atoms with Gasteiger partial charge in [0.05, 0.1) is 21.8 Å². The smallest absolute Gasteiger partial charge is 0.0763 e. The van der Waals surface area contributed by atoms with Gasteiger partial charge in [-0.1, -0.05) is 30.1 Å². The average Bonchev–Trinajstić information content (AvgIpc) is 2.88. The molecule has 1 atom stereocenters. The second-order valence-electron chi connectivity index (χ2n) is 4.36. The molecule has 1 N–H and O–H groups in total. The van der Waals surface area contributed by atoms with Gasteiger partial charge in [0.1, 0.15) is 0 Å². The van der Waals surface area contributed by atoms with Crippen molar-refractivity contribution in [2.24, 2.45) is 0 Å². The number of nitrogens with zero attached hydrogens (tertiary/aromatic N) is 1. The van der Waals surface area contributed by atoms with Crippen LogP contribution in [0.1, 0.15) is 30.6 Å². The molecule has 102 valence electrons. The van der Waals surface area contributed by atoms with Crippen molar-refractivity contribution in [3.8, 4) is 0 Å². The number of aromatic nitrogens is 1. The van der Waals surface area contributed by atoms with E-state index in [1.807, 2.05) is 0 Å². The van der Waals surface area contributed by atoms with E-state index in [2.05, 4.69) is 34.1 Å². The molecule has 19 heavy (non-hydrogen) atoms. The summed E-state index contributed by atoms with van der Waals surface area (Å²) in [5.41, 5.74) is 2.16. The van der Waals surface area contributed by atoms with Gasteiger partial charge in [-0.25, -0.2) is 0 Å². The molecule has 5 heteroatoms. The molecule has 0 aromatic carbocycles. The molecule has 0 aliphatic carbocycles. The molecule has 0 bridgehead atoms. The summed E-state index contributed by atoms with van der Waals surface area (Å²) in [7, 11) is 0. The van der Waals surface area contributed by atoms with Gasteiger partial charge in [0.15, 0.2) is 0 Å². The van der Waals surface area contributed by atoms with Crippen LogP contribution in [0.25, 0.3) is 0 Å². The monoisotopic (exact) mass is 314 g/mol. The Morgan fingerprint density at radius 1 is 1.42 bits per heavy atom. The Balaban J connectivity index is 2.20. The molecule has 2 nitrogen and oxygen atoms in total. The molecule has 0 saturated carbocycles. The number of hydrogen-bond acceptors (Lipinski definition) is 3. The molecule has 2 aromatic rings. The minimum atomic E-state index is 0.124. The zero-order valence-corrected chi connectivity index (χ0v) is 13.0.